The minimum absolute atomic E-state index is 0.151. The molecule has 3 nitrogen and oxygen atoms in total. The van der Waals surface area contributed by atoms with Crippen LogP contribution in [0.3, 0.4) is 0 Å². The Morgan fingerprint density at radius 2 is 1.79 bits per heavy atom. The number of rotatable bonds is 5. The molecule has 0 unspecified atom stereocenters. The molecule has 1 aromatic carbocycles. The highest BCUT2D eigenvalue weighted by atomic mass is 19.1. The smallest absolute Gasteiger partial charge is 0.130 e. The van der Waals surface area contributed by atoms with E-state index in [-0.39, 0.29) is 12.4 Å². The van der Waals surface area contributed by atoms with Crippen LogP contribution in [0.15, 0.2) is 36.4 Å². The summed E-state index contributed by atoms with van der Waals surface area (Å²) in [5, 5.41) is 3.00. The van der Waals surface area contributed by atoms with Crippen molar-refractivity contribution >= 4 is 0 Å². The molecule has 0 bridgehead atoms. The molecule has 0 amide bonds. The van der Waals surface area contributed by atoms with Gasteiger partial charge in [0.25, 0.3) is 0 Å². The van der Waals surface area contributed by atoms with Gasteiger partial charge in [0.15, 0.2) is 0 Å². The molecule has 100 valence electrons. The fourth-order valence-corrected chi connectivity index (χ4v) is 1.66. The SMILES string of the molecule is CNCc1cccc(COc2cc(F)cc(F)c2)n1. The van der Waals surface area contributed by atoms with E-state index in [1.807, 2.05) is 19.2 Å². The second kappa shape index (κ2) is 6.24. The van der Waals surface area contributed by atoms with Gasteiger partial charge < -0.3 is 10.1 Å². The van der Waals surface area contributed by atoms with E-state index in [0.29, 0.717) is 12.2 Å². The van der Waals surface area contributed by atoms with Crippen LogP contribution in [0.1, 0.15) is 11.4 Å². The third-order valence-corrected chi connectivity index (χ3v) is 2.45. The number of hydrogen-bond donors (Lipinski definition) is 1. The lowest BCUT2D eigenvalue weighted by Crippen LogP contribution is -2.08. The first-order chi connectivity index (χ1) is 9.17. The third kappa shape index (κ3) is 3.99. The largest absolute Gasteiger partial charge is 0.487 e. The van der Waals surface area contributed by atoms with Crippen molar-refractivity contribution in [2.45, 2.75) is 13.2 Å². The summed E-state index contributed by atoms with van der Waals surface area (Å²) in [6, 6.07) is 8.64. The van der Waals surface area contributed by atoms with Crippen LogP contribution in [0.25, 0.3) is 0 Å². The molecule has 0 spiro atoms. The van der Waals surface area contributed by atoms with Gasteiger partial charge in [0.1, 0.15) is 24.0 Å². The van der Waals surface area contributed by atoms with Crippen molar-refractivity contribution in [2.75, 3.05) is 7.05 Å². The summed E-state index contributed by atoms with van der Waals surface area (Å²) in [6.45, 7) is 0.822. The molecular formula is C14H14F2N2O. The van der Waals surface area contributed by atoms with Crippen LogP contribution in [-0.2, 0) is 13.2 Å². The molecule has 0 aliphatic heterocycles. The van der Waals surface area contributed by atoms with Gasteiger partial charge in [-0.25, -0.2) is 8.78 Å². The minimum Gasteiger partial charge on any atom is -0.487 e. The van der Waals surface area contributed by atoms with Crippen LogP contribution in [-0.4, -0.2) is 12.0 Å². The monoisotopic (exact) mass is 264 g/mol. The Morgan fingerprint density at radius 3 is 2.47 bits per heavy atom. The van der Waals surface area contributed by atoms with Gasteiger partial charge in [-0.1, -0.05) is 6.07 Å². The van der Waals surface area contributed by atoms with E-state index >= 15 is 0 Å². The maximum absolute atomic E-state index is 13.0. The van der Waals surface area contributed by atoms with Gasteiger partial charge in [-0.3, -0.25) is 4.98 Å². The molecule has 1 heterocycles. The number of aromatic nitrogens is 1. The van der Waals surface area contributed by atoms with Gasteiger partial charge in [0, 0.05) is 24.7 Å². The summed E-state index contributed by atoms with van der Waals surface area (Å²) >= 11 is 0. The molecule has 2 rings (SSSR count). The third-order valence-electron chi connectivity index (χ3n) is 2.45. The summed E-state index contributed by atoms with van der Waals surface area (Å²) in [5.74, 6) is -1.17. The van der Waals surface area contributed by atoms with Crippen molar-refractivity contribution in [3.63, 3.8) is 0 Å². The molecule has 0 saturated heterocycles. The standard InChI is InChI=1S/C14H14F2N2O/c1-17-8-12-3-2-4-13(18-12)9-19-14-6-10(15)5-11(16)7-14/h2-7,17H,8-9H2,1H3. The number of halogens is 2. The van der Waals surface area contributed by atoms with Gasteiger partial charge in [-0.2, -0.15) is 0 Å². The zero-order valence-electron chi connectivity index (χ0n) is 10.5. The van der Waals surface area contributed by atoms with E-state index < -0.39 is 11.6 Å². The normalized spacial score (nSPS) is 10.5. The fraction of sp³-hybridized carbons (Fsp3) is 0.214. The van der Waals surface area contributed by atoms with Crippen LogP contribution in [0.5, 0.6) is 5.75 Å². The lowest BCUT2D eigenvalue weighted by Gasteiger charge is -2.07. The van der Waals surface area contributed by atoms with E-state index in [1.165, 1.54) is 0 Å². The molecule has 0 radical (unpaired) electrons. The predicted octanol–water partition coefficient (Wildman–Crippen LogP) is 2.66. The highest BCUT2D eigenvalue weighted by molar-refractivity contribution is 5.24. The molecule has 0 saturated carbocycles. The van der Waals surface area contributed by atoms with Crippen molar-refractivity contribution in [3.05, 3.63) is 59.4 Å². The molecular weight excluding hydrogens is 250 g/mol. The molecule has 2 aromatic rings. The van der Waals surface area contributed by atoms with Gasteiger partial charge in [-0.15, -0.1) is 0 Å². The Kier molecular flexibility index (Phi) is 4.41. The highest BCUT2D eigenvalue weighted by Crippen LogP contribution is 2.16. The zero-order chi connectivity index (χ0) is 13.7. The van der Waals surface area contributed by atoms with E-state index in [0.717, 1.165) is 23.9 Å². The topological polar surface area (TPSA) is 34.1 Å². The quantitative estimate of drug-likeness (QED) is 0.901. The molecule has 19 heavy (non-hydrogen) atoms. The van der Waals surface area contributed by atoms with Crippen molar-refractivity contribution in [3.8, 4) is 5.75 Å². The maximum atomic E-state index is 13.0. The van der Waals surface area contributed by atoms with Crippen molar-refractivity contribution in [2.24, 2.45) is 0 Å². The Balaban J connectivity index is 2.03. The summed E-state index contributed by atoms with van der Waals surface area (Å²) in [6.07, 6.45) is 0. The van der Waals surface area contributed by atoms with Gasteiger partial charge in [0.05, 0.1) is 11.4 Å². The van der Waals surface area contributed by atoms with Crippen LogP contribution in [0.4, 0.5) is 8.78 Å². The van der Waals surface area contributed by atoms with Crippen molar-refractivity contribution < 1.29 is 13.5 Å². The molecule has 0 fully saturated rings. The van der Waals surface area contributed by atoms with Gasteiger partial charge in [0.2, 0.25) is 0 Å². The number of hydrogen-bond acceptors (Lipinski definition) is 3. The van der Waals surface area contributed by atoms with E-state index in [1.54, 1.807) is 6.07 Å². The summed E-state index contributed by atoms with van der Waals surface area (Å²) in [4.78, 5) is 4.35. The van der Waals surface area contributed by atoms with Gasteiger partial charge in [-0.05, 0) is 19.2 Å². The lowest BCUT2D eigenvalue weighted by atomic mass is 10.3. The van der Waals surface area contributed by atoms with Gasteiger partial charge >= 0.3 is 0 Å². The molecule has 1 aromatic heterocycles. The van der Waals surface area contributed by atoms with E-state index in [2.05, 4.69) is 10.3 Å². The molecule has 0 aliphatic rings. The first-order valence-electron chi connectivity index (χ1n) is 5.85. The summed E-state index contributed by atoms with van der Waals surface area (Å²) in [7, 11) is 1.83. The molecule has 0 aliphatic carbocycles. The second-order valence-electron chi connectivity index (χ2n) is 4.04. The van der Waals surface area contributed by atoms with Crippen molar-refractivity contribution in [1.29, 1.82) is 0 Å². The number of pyridine rings is 1. The number of benzene rings is 1. The zero-order valence-corrected chi connectivity index (χ0v) is 10.5. The van der Waals surface area contributed by atoms with Crippen LogP contribution in [0, 0.1) is 11.6 Å². The molecule has 1 N–H and O–H groups in total. The van der Waals surface area contributed by atoms with Crippen LogP contribution < -0.4 is 10.1 Å². The summed E-state index contributed by atoms with van der Waals surface area (Å²) in [5.41, 5.74) is 1.59. The van der Waals surface area contributed by atoms with Crippen molar-refractivity contribution in [1.82, 2.24) is 10.3 Å². The average Bonchev–Trinajstić information content (AvgIpc) is 2.36. The second-order valence-corrected chi connectivity index (χ2v) is 4.04. The van der Waals surface area contributed by atoms with E-state index in [4.69, 9.17) is 4.74 Å². The highest BCUT2D eigenvalue weighted by Gasteiger charge is 2.03. The van der Waals surface area contributed by atoms with E-state index in [9.17, 15) is 8.78 Å². The first-order valence-corrected chi connectivity index (χ1v) is 5.85. The predicted molar refractivity (Wildman–Crippen MR) is 67.7 cm³/mol. The Bertz CT molecular complexity index is 541. The Morgan fingerprint density at radius 1 is 1.11 bits per heavy atom. The molecule has 5 heteroatoms. The number of ether oxygens (including phenoxy) is 1. The van der Waals surface area contributed by atoms with Crippen LogP contribution >= 0.6 is 0 Å². The number of nitrogens with zero attached hydrogens (tertiary/aromatic N) is 1. The Hall–Kier alpha value is -2.01. The lowest BCUT2D eigenvalue weighted by molar-refractivity contribution is 0.297. The minimum atomic E-state index is -0.660. The number of nitrogens with one attached hydrogen (secondary N) is 1. The Labute approximate surface area is 110 Å². The first kappa shape index (κ1) is 13.4. The maximum Gasteiger partial charge on any atom is 0.130 e. The average molecular weight is 264 g/mol. The summed E-state index contributed by atoms with van der Waals surface area (Å²) < 4.78 is 31.3. The fourth-order valence-electron chi connectivity index (χ4n) is 1.66. The van der Waals surface area contributed by atoms with Crippen LogP contribution in [0.2, 0.25) is 0 Å². The molecule has 0 atom stereocenters.